The SMILES string of the molecule is CC(C)(C)OC(=O)N1CC=C(CNCc2cnco2)CC1. The van der Waals surface area contributed by atoms with Crippen LogP contribution in [0.1, 0.15) is 33.0 Å². The number of hydrogen-bond acceptors (Lipinski definition) is 5. The van der Waals surface area contributed by atoms with Gasteiger partial charge in [0, 0.05) is 19.6 Å². The molecule has 0 radical (unpaired) electrons. The fourth-order valence-corrected chi connectivity index (χ4v) is 2.04. The molecule has 1 aromatic rings. The maximum Gasteiger partial charge on any atom is 0.410 e. The van der Waals surface area contributed by atoms with Gasteiger partial charge in [0.2, 0.25) is 0 Å². The summed E-state index contributed by atoms with van der Waals surface area (Å²) < 4.78 is 10.5. The van der Waals surface area contributed by atoms with Crippen LogP contribution in [0.2, 0.25) is 0 Å². The molecule has 1 aliphatic heterocycles. The van der Waals surface area contributed by atoms with E-state index in [1.807, 2.05) is 20.8 Å². The van der Waals surface area contributed by atoms with Gasteiger partial charge < -0.3 is 19.4 Å². The van der Waals surface area contributed by atoms with Crippen molar-refractivity contribution in [1.29, 1.82) is 0 Å². The summed E-state index contributed by atoms with van der Waals surface area (Å²) in [6.45, 7) is 8.39. The number of ether oxygens (including phenoxy) is 1. The summed E-state index contributed by atoms with van der Waals surface area (Å²) >= 11 is 0. The first kappa shape index (κ1) is 15.6. The van der Waals surface area contributed by atoms with Gasteiger partial charge in [0.05, 0.1) is 12.7 Å². The zero-order valence-corrected chi connectivity index (χ0v) is 12.9. The number of oxazole rings is 1. The summed E-state index contributed by atoms with van der Waals surface area (Å²) in [4.78, 5) is 17.5. The molecule has 0 saturated heterocycles. The average Bonchev–Trinajstić information content (AvgIpc) is 2.91. The molecule has 0 aromatic carbocycles. The smallest absolute Gasteiger partial charge is 0.410 e. The Balaban J connectivity index is 1.73. The fraction of sp³-hybridized carbons (Fsp3) is 0.600. The van der Waals surface area contributed by atoms with Crippen molar-refractivity contribution in [2.24, 2.45) is 0 Å². The minimum Gasteiger partial charge on any atom is -0.447 e. The predicted molar refractivity (Wildman–Crippen MR) is 78.7 cm³/mol. The van der Waals surface area contributed by atoms with Crippen molar-refractivity contribution in [2.75, 3.05) is 19.6 Å². The van der Waals surface area contributed by atoms with Crippen molar-refractivity contribution >= 4 is 6.09 Å². The first-order chi connectivity index (χ1) is 9.94. The lowest BCUT2D eigenvalue weighted by atomic mass is 10.1. The Hall–Kier alpha value is -1.82. The van der Waals surface area contributed by atoms with Gasteiger partial charge in [0.15, 0.2) is 6.39 Å². The molecule has 1 aliphatic rings. The Bertz CT molecular complexity index is 489. The zero-order valence-electron chi connectivity index (χ0n) is 12.9. The van der Waals surface area contributed by atoms with Crippen LogP contribution in [-0.4, -0.2) is 41.2 Å². The minimum absolute atomic E-state index is 0.243. The third kappa shape index (κ3) is 5.23. The van der Waals surface area contributed by atoms with E-state index in [0.29, 0.717) is 19.6 Å². The van der Waals surface area contributed by atoms with E-state index in [1.54, 1.807) is 11.1 Å². The monoisotopic (exact) mass is 293 g/mol. The Kier molecular flexibility index (Phi) is 5.01. The van der Waals surface area contributed by atoms with Crippen LogP contribution in [0.4, 0.5) is 4.79 Å². The molecule has 0 bridgehead atoms. The van der Waals surface area contributed by atoms with Crippen molar-refractivity contribution < 1.29 is 13.9 Å². The van der Waals surface area contributed by atoms with Crippen molar-refractivity contribution in [3.05, 3.63) is 30.0 Å². The van der Waals surface area contributed by atoms with E-state index in [-0.39, 0.29) is 6.09 Å². The van der Waals surface area contributed by atoms with Crippen LogP contribution in [-0.2, 0) is 11.3 Å². The van der Waals surface area contributed by atoms with Crippen LogP contribution < -0.4 is 5.32 Å². The third-order valence-electron chi connectivity index (χ3n) is 3.09. The molecule has 0 saturated carbocycles. The van der Waals surface area contributed by atoms with Crippen molar-refractivity contribution in [2.45, 2.75) is 39.3 Å². The van der Waals surface area contributed by atoms with Gasteiger partial charge in [0.25, 0.3) is 0 Å². The summed E-state index contributed by atoms with van der Waals surface area (Å²) in [6, 6.07) is 0. The third-order valence-corrected chi connectivity index (χ3v) is 3.09. The summed E-state index contributed by atoms with van der Waals surface area (Å²) in [6.07, 6.45) is 5.83. The van der Waals surface area contributed by atoms with Crippen LogP contribution in [0.3, 0.4) is 0 Å². The molecule has 2 rings (SSSR count). The molecule has 6 nitrogen and oxygen atoms in total. The Morgan fingerprint density at radius 2 is 2.29 bits per heavy atom. The first-order valence-electron chi connectivity index (χ1n) is 7.18. The Morgan fingerprint density at radius 3 is 2.86 bits per heavy atom. The minimum atomic E-state index is -0.445. The molecule has 2 heterocycles. The summed E-state index contributed by atoms with van der Waals surface area (Å²) in [5, 5.41) is 3.30. The van der Waals surface area contributed by atoms with E-state index < -0.39 is 5.60 Å². The Labute approximate surface area is 125 Å². The molecule has 0 fully saturated rings. The van der Waals surface area contributed by atoms with E-state index in [0.717, 1.165) is 18.7 Å². The number of rotatable bonds is 4. The van der Waals surface area contributed by atoms with Crippen LogP contribution >= 0.6 is 0 Å². The summed E-state index contributed by atoms with van der Waals surface area (Å²) in [5.74, 6) is 0.821. The highest BCUT2D eigenvalue weighted by Gasteiger charge is 2.23. The largest absolute Gasteiger partial charge is 0.447 e. The zero-order chi connectivity index (χ0) is 15.3. The van der Waals surface area contributed by atoms with E-state index >= 15 is 0 Å². The summed E-state index contributed by atoms with van der Waals surface area (Å²) in [7, 11) is 0. The second-order valence-electron chi connectivity index (χ2n) is 6.11. The molecule has 0 unspecified atom stereocenters. The average molecular weight is 293 g/mol. The van der Waals surface area contributed by atoms with E-state index in [2.05, 4.69) is 16.4 Å². The normalized spacial score (nSPS) is 15.8. The van der Waals surface area contributed by atoms with Gasteiger partial charge in [-0.1, -0.05) is 11.6 Å². The molecule has 1 N–H and O–H groups in total. The first-order valence-corrected chi connectivity index (χ1v) is 7.18. The van der Waals surface area contributed by atoms with E-state index in [1.165, 1.54) is 12.0 Å². The molecule has 0 spiro atoms. The fourth-order valence-electron chi connectivity index (χ4n) is 2.04. The lowest BCUT2D eigenvalue weighted by Gasteiger charge is -2.29. The van der Waals surface area contributed by atoms with Crippen molar-refractivity contribution in [3.63, 3.8) is 0 Å². The number of amides is 1. The highest BCUT2D eigenvalue weighted by molar-refractivity contribution is 5.68. The Morgan fingerprint density at radius 1 is 1.48 bits per heavy atom. The number of aromatic nitrogens is 1. The summed E-state index contributed by atoms with van der Waals surface area (Å²) in [5.41, 5.74) is 0.856. The maximum atomic E-state index is 11.9. The lowest BCUT2D eigenvalue weighted by molar-refractivity contribution is 0.0265. The lowest BCUT2D eigenvalue weighted by Crippen LogP contribution is -2.39. The van der Waals surface area contributed by atoms with E-state index in [9.17, 15) is 4.79 Å². The van der Waals surface area contributed by atoms with E-state index in [4.69, 9.17) is 9.15 Å². The van der Waals surface area contributed by atoms with Crippen molar-refractivity contribution in [3.8, 4) is 0 Å². The standard InChI is InChI=1S/C15H23N3O3/c1-15(2,3)21-14(19)18-6-4-12(5-7-18)8-16-9-13-10-17-11-20-13/h4,10-11,16H,5-9H2,1-3H3. The number of carbonyl (C=O) groups is 1. The molecular formula is C15H23N3O3. The second-order valence-corrected chi connectivity index (χ2v) is 6.11. The van der Waals surface area contributed by atoms with Crippen LogP contribution in [0.5, 0.6) is 0 Å². The van der Waals surface area contributed by atoms with Crippen LogP contribution in [0.25, 0.3) is 0 Å². The van der Waals surface area contributed by atoms with Gasteiger partial charge in [-0.15, -0.1) is 0 Å². The quantitative estimate of drug-likeness (QED) is 0.863. The molecule has 116 valence electrons. The molecule has 0 aliphatic carbocycles. The van der Waals surface area contributed by atoms with Gasteiger partial charge in [-0.25, -0.2) is 9.78 Å². The van der Waals surface area contributed by atoms with Crippen LogP contribution in [0.15, 0.2) is 28.7 Å². The van der Waals surface area contributed by atoms with Gasteiger partial charge in [-0.3, -0.25) is 0 Å². The topological polar surface area (TPSA) is 67.6 Å². The highest BCUT2D eigenvalue weighted by Crippen LogP contribution is 2.15. The molecule has 1 aromatic heterocycles. The number of hydrogen-bond donors (Lipinski definition) is 1. The van der Waals surface area contributed by atoms with Gasteiger partial charge in [-0.05, 0) is 27.2 Å². The predicted octanol–water partition coefficient (Wildman–Crippen LogP) is 2.33. The molecule has 0 atom stereocenters. The number of nitrogens with zero attached hydrogens (tertiary/aromatic N) is 2. The molecular weight excluding hydrogens is 270 g/mol. The molecule has 1 amide bonds. The molecule has 6 heteroatoms. The second kappa shape index (κ2) is 6.76. The maximum absolute atomic E-state index is 11.9. The number of carbonyl (C=O) groups excluding carboxylic acids is 1. The van der Waals surface area contributed by atoms with Crippen molar-refractivity contribution in [1.82, 2.24) is 15.2 Å². The van der Waals surface area contributed by atoms with Crippen LogP contribution in [0, 0.1) is 0 Å². The van der Waals surface area contributed by atoms with Gasteiger partial charge in [0.1, 0.15) is 11.4 Å². The highest BCUT2D eigenvalue weighted by atomic mass is 16.6. The number of nitrogens with one attached hydrogen (secondary N) is 1. The van der Waals surface area contributed by atoms with Gasteiger partial charge >= 0.3 is 6.09 Å². The molecule has 21 heavy (non-hydrogen) atoms. The van der Waals surface area contributed by atoms with Gasteiger partial charge in [-0.2, -0.15) is 0 Å².